The lowest BCUT2D eigenvalue weighted by Crippen LogP contribution is -2.49. The minimum atomic E-state index is -0.287. The molecular weight excluding hydrogens is 322 g/mol. The summed E-state index contributed by atoms with van der Waals surface area (Å²) in [5.74, 6) is 0. The fourth-order valence-electron chi connectivity index (χ4n) is 4.10. The number of thiazole rings is 1. The highest BCUT2D eigenvalue weighted by Crippen LogP contribution is 2.39. The number of nitrogens with one attached hydrogen (secondary N) is 2. The van der Waals surface area contributed by atoms with E-state index < -0.39 is 0 Å². The predicted octanol–water partition coefficient (Wildman–Crippen LogP) is 3.02. The Balaban J connectivity index is 1.49. The molecule has 0 unspecified atom stereocenters. The monoisotopic (exact) mass is 345 g/mol. The van der Waals surface area contributed by atoms with E-state index in [4.69, 9.17) is 0 Å². The summed E-state index contributed by atoms with van der Waals surface area (Å²) in [6.07, 6.45) is 11.0. The van der Waals surface area contributed by atoms with Crippen LogP contribution in [0, 0.1) is 0 Å². The SMILES string of the molecule is Cn1ncc2c1CCC[C@H]2NC(=O)NC1(c2nccs2)CCCC1. The molecule has 1 atom stereocenters. The van der Waals surface area contributed by atoms with E-state index in [-0.39, 0.29) is 17.6 Å². The Labute approximate surface area is 145 Å². The van der Waals surface area contributed by atoms with Crippen LogP contribution in [0.4, 0.5) is 4.79 Å². The smallest absolute Gasteiger partial charge is 0.316 e. The van der Waals surface area contributed by atoms with Gasteiger partial charge in [-0.1, -0.05) is 12.8 Å². The Hall–Kier alpha value is -1.89. The molecule has 0 radical (unpaired) electrons. The second kappa shape index (κ2) is 6.20. The quantitative estimate of drug-likeness (QED) is 0.898. The molecule has 24 heavy (non-hydrogen) atoms. The van der Waals surface area contributed by atoms with Crippen LogP contribution < -0.4 is 10.6 Å². The van der Waals surface area contributed by atoms with E-state index in [1.54, 1.807) is 11.3 Å². The predicted molar refractivity (Wildman–Crippen MR) is 92.8 cm³/mol. The molecule has 2 aromatic rings. The molecule has 1 fully saturated rings. The Morgan fingerprint density at radius 1 is 1.38 bits per heavy atom. The van der Waals surface area contributed by atoms with E-state index in [0.29, 0.717) is 0 Å². The third kappa shape index (κ3) is 2.70. The summed E-state index contributed by atoms with van der Waals surface area (Å²) in [7, 11) is 1.97. The molecule has 6 nitrogen and oxygen atoms in total. The summed E-state index contributed by atoms with van der Waals surface area (Å²) < 4.78 is 1.93. The number of rotatable bonds is 3. The normalized spacial score (nSPS) is 22.1. The second-order valence-electron chi connectivity index (χ2n) is 6.84. The van der Waals surface area contributed by atoms with E-state index >= 15 is 0 Å². The van der Waals surface area contributed by atoms with Crippen LogP contribution in [-0.2, 0) is 19.0 Å². The molecule has 7 heteroatoms. The molecule has 2 aliphatic carbocycles. The van der Waals surface area contributed by atoms with E-state index in [2.05, 4.69) is 20.7 Å². The van der Waals surface area contributed by atoms with E-state index in [0.717, 1.165) is 55.5 Å². The topological polar surface area (TPSA) is 71.8 Å². The maximum atomic E-state index is 12.7. The number of fused-ring (bicyclic) bond motifs is 1. The van der Waals surface area contributed by atoms with Crippen LogP contribution in [0.2, 0.25) is 0 Å². The largest absolute Gasteiger partial charge is 0.331 e. The number of aryl methyl sites for hydroxylation is 1. The minimum absolute atomic E-state index is 0.0530. The fraction of sp³-hybridized carbons (Fsp3) is 0.588. The number of carbonyl (C=O) groups is 1. The van der Waals surface area contributed by atoms with E-state index in [1.807, 2.05) is 29.5 Å². The van der Waals surface area contributed by atoms with Gasteiger partial charge in [-0.15, -0.1) is 11.3 Å². The number of carbonyl (C=O) groups excluding carboxylic acids is 1. The van der Waals surface area contributed by atoms with E-state index in [9.17, 15) is 4.79 Å². The summed E-state index contributed by atoms with van der Waals surface area (Å²) in [5, 5.41) is 13.8. The first-order valence-corrected chi connectivity index (χ1v) is 9.55. The highest BCUT2D eigenvalue weighted by atomic mass is 32.1. The van der Waals surface area contributed by atoms with Gasteiger partial charge in [0.25, 0.3) is 0 Å². The molecule has 0 bridgehead atoms. The molecular formula is C17H23N5OS. The number of hydrogen-bond acceptors (Lipinski definition) is 4. The molecule has 0 saturated heterocycles. The molecule has 128 valence electrons. The van der Waals surface area contributed by atoms with Crippen LogP contribution in [0.15, 0.2) is 17.8 Å². The van der Waals surface area contributed by atoms with Crippen molar-refractivity contribution in [2.75, 3.05) is 0 Å². The van der Waals surface area contributed by atoms with Crippen molar-refractivity contribution in [3.05, 3.63) is 34.0 Å². The lowest BCUT2D eigenvalue weighted by atomic mass is 9.93. The Morgan fingerprint density at radius 2 is 2.21 bits per heavy atom. The molecule has 2 aliphatic rings. The fourth-order valence-corrected chi connectivity index (χ4v) is 4.95. The number of aromatic nitrogens is 3. The van der Waals surface area contributed by atoms with Gasteiger partial charge in [0.15, 0.2) is 0 Å². The van der Waals surface area contributed by atoms with Crippen LogP contribution in [0.1, 0.15) is 60.8 Å². The zero-order chi connectivity index (χ0) is 16.6. The Morgan fingerprint density at radius 3 is 2.96 bits per heavy atom. The van der Waals surface area contributed by atoms with Crippen LogP contribution in [-0.4, -0.2) is 20.8 Å². The average Bonchev–Trinajstić information content (AvgIpc) is 3.29. The van der Waals surface area contributed by atoms with Gasteiger partial charge in [0.1, 0.15) is 5.01 Å². The van der Waals surface area contributed by atoms with Gasteiger partial charge in [0.2, 0.25) is 0 Å². The Kier molecular flexibility index (Phi) is 4.04. The minimum Gasteiger partial charge on any atom is -0.331 e. The van der Waals surface area contributed by atoms with Crippen molar-refractivity contribution < 1.29 is 4.79 Å². The average molecular weight is 345 g/mol. The molecule has 0 aromatic carbocycles. The van der Waals surface area contributed by atoms with Crippen molar-refractivity contribution >= 4 is 17.4 Å². The Bertz CT molecular complexity index is 717. The lowest BCUT2D eigenvalue weighted by Gasteiger charge is -2.30. The molecule has 0 spiro atoms. The summed E-state index contributed by atoms with van der Waals surface area (Å²) in [4.78, 5) is 17.2. The summed E-state index contributed by atoms with van der Waals surface area (Å²) in [6, 6.07) is -0.0361. The van der Waals surface area contributed by atoms with Gasteiger partial charge >= 0.3 is 6.03 Å². The van der Waals surface area contributed by atoms with Crippen molar-refractivity contribution in [3.8, 4) is 0 Å². The van der Waals surface area contributed by atoms with Crippen molar-refractivity contribution in [2.24, 2.45) is 7.05 Å². The maximum absolute atomic E-state index is 12.7. The lowest BCUT2D eigenvalue weighted by molar-refractivity contribution is 0.219. The molecule has 2 N–H and O–H groups in total. The van der Waals surface area contributed by atoms with Gasteiger partial charge < -0.3 is 10.6 Å². The molecule has 2 heterocycles. The molecule has 4 rings (SSSR count). The third-order valence-corrected chi connectivity index (χ3v) is 6.31. The number of hydrogen-bond donors (Lipinski definition) is 2. The summed E-state index contributed by atoms with van der Waals surface area (Å²) in [6.45, 7) is 0. The molecule has 0 aliphatic heterocycles. The van der Waals surface area contributed by atoms with Crippen molar-refractivity contribution in [2.45, 2.75) is 56.5 Å². The second-order valence-corrected chi connectivity index (χ2v) is 7.73. The molecule has 1 saturated carbocycles. The van der Waals surface area contributed by atoms with Gasteiger partial charge in [-0.2, -0.15) is 5.10 Å². The van der Waals surface area contributed by atoms with Gasteiger partial charge in [-0.3, -0.25) is 4.68 Å². The van der Waals surface area contributed by atoms with Crippen LogP contribution in [0.3, 0.4) is 0 Å². The standard InChI is InChI=1S/C17H23N5OS/c1-22-14-6-4-5-13(12(14)11-19-22)20-16(23)21-17(7-2-3-8-17)15-18-9-10-24-15/h9-11,13H,2-8H2,1H3,(H2,20,21,23)/t13-/m1/s1. The van der Waals surface area contributed by atoms with E-state index in [1.165, 1.54) is 5.69 Å². The number of nitrogens with zero attached hydrogens (tertiary/aromatic N) is 3. The first-order valence-electron chi connectivity index (χ1n) is 8.67. The molecule has 2 aromatic heterocycles. The van der Waals surface area contributed by atoms with Crippen molar-refractivity contribution in [1.82, 2.24) is 25.4 Å². The van der Waals surface area contributed by atoms with Gasteiger partial charge in [0.05, 0.1) is 17.8 Å². The highest BCUT2D eigenvalue weighted by molar-refractivity contribution is 7.09. The first-order chi connectivity index (χ1) is 11.7. The van der Waals surface area contributed by atoms with Crippen LogP contribution >= 0.6 is 11.3 Å². The van der Waals surface area contributed by atoms with Crippen LogP contribution in [0.25, 0.3) is 0 Å². The zero-order valence-electron chi connectivity index (χ0n) is 13.9. The van der Waals surface area contributed by atoms with Gasteiger partial charge in [-0.05, 0) is 32.1 Å². The van der Waals surface area contributed by atoms with Crippen molar-refractivity contribution in [1.29, 1.82) is 0 Å². The molecule has 2 amide bonds. The van der Waals surface area contributed by atoms with Gasteiger partial charge in [-0.25, -0.2) is 9.78 Å². The summed E-state index contributed by atoms with van der Waals surface area (Å²) >= 11 is 1.63. The zero-order valence-corrected chi connectivity index (χ0v) is 14.7. The number of amides is 2. The van der Waals surface area contributed by atoms with Gasteiger partial charge in [0, 0.05) is 29.9 Å². The highest BCUT2D eigenvalue weighted by Gasteiger charge is 2.39. The first kappa shape index (κ1) is 15.6. The number of urea groups is 1. The summed E-state index contributed by atoms with van der Waals surface area (Å²) in [5.41, 5.74) is 2.11. The van der Waals surface area contributed by atoms with Crippen LogP contribution in [0.5, 0.6) is 0 Å². The third-order valence-electron chi connectivity index (χ3n) is 5.33. The maximum Gasteiger partial charge on any atom is 0.316 e. The van der Waals surface area contributed by atoms with Crippen molar-refractivity contribution in [3.63, 3.8) is 0 Å².